The van der Waals surface area contributed by atoms with Gasteiger partial charge in [-0.2, -0.15) is 11.3 Å². The van der Waals surface area contributed by atoms with Gasteiger partial charge in [0.25, 0.3) is 0 Å². The van der Waals surface area contributed by atoms with Gasteiger partial charge in [0.2, 0.25) is 5.91 Å². The molecule has 0 spiro atoms. The lowest BCUT2D eigenvalue weighted by atomic mass is 10.2. The van der Waals surface area contributed by atoms with Crippen LogP contribution in [0, 0.1) is 0 Å². The third-order valence-corrected chi connectivity index (χ3v) is 2.44. The summed E-state index contributed by atoms with van der Waals surface area (Å²) in [7, 11) is 0. The Labute approximate surface area is 94.5 Å². The monoisotopic (exact) mass is 227 g/mol. The summed E-state index contributed by atoms with van der Waals surface area (Å²) in [6.07, 6.45) is 0. The number of rotatable bonds is 4. The first kappa shape index (κ1) is 12.2. The van der Waals surface area contributed by atoms with Gasteiger partial charge in [0.1, 0.15) is 6.61 Å². The van der Waals surface area contributed by atoms with Crippen molar-refractivity contribution in [3.63, 3.8) is 0 Å². The van der Waals surface area contributed by atoms with Crippen LogP contribution in [-0.4, -0.2) is 18.1 Å². The van der Waals surface area contributed by atoms with E-state index in [1.807, 2.05) is 37.6 Å². The zero-order valence-corrected chi connectivity index (χ0v) is 10.2. The van der Waals surface area contributed by atoms with Crippen LogP contribution in [0.3, 0.4) is 0 Å². The van der Waals surface area contributed by atoms with Gasteiger partial charge in [0, 0.05) is 6.54 Å². The second-order valence-electron chi connectivity index (χ2n) is 4.31. The van der Waals surface area contributed by atoms with Crippen molar-refractivity contribution in [3.8, 4) is 0 Å². The van der Waals surface area contributed by atoms with Crippen LogP contribution in [-0.2, 0) is 16.1 Å². The van der Waals surface area contributed by atoms with Crippen LogP contribution in [0.2, 0.25) is 0 Å². The quantitative estimate of drug-likeness (QED) is 0.856. The molecule has 0 aliphatic carbocycles. The average Bonchev–Trinajstić information content (AvgIpc) is 2.62. The second kappa shape index (κ2) is 5.28. The van der Waals surface area contributed by atoms with Crippen molar-refractivity contribution in [3.05, 3.63) is 22.4 Å². The minimum atomic E-state index is -0.264. The van der Waals surface area contributed by atoms with Gasteiger partial charge >= 0.3 is 0 Å². The first-order valence-electron chi connectivity index (χ1n) is 4.89. The number of carbonyl (C=O) groups is 1. The lowest BCUT2D eigenvalue weighted by Gasteiger charge is -2.18. The van der Waals surface area contributed by atoms with Crippen LogP contribution in [0.25, 0.3) is 0 Å². The lowest BCUT2D eigenvalue weighted by Crippen LogP contribution is -2.31. The Hall–Kier alpha value is -0.870. The number of thiophene rings is 1. The Morgan fingerprint density at radius 2 is 2.27 bits per heavy atom. The number of carbonyl (C=O) groups excluding carboxylic acids is 1. The normalized spacial score (nSPS) is 11.4. The van der Waals surface area contributed by atoms with Crippen LogP contribution in [0.1, 0.15) is 26.3 Å². The molecule has 4 heteroatoms. The molecule has 0 bridgehead atoms. The molecule has 0 aromatic carbocycles. The van der Waals surface area contributed by atoms with Gasteiger partial charge in [-0.25, -0.2) is 0 Å². The molecule has 1 rings (SSSR count). The van der Waals surface area contributed by atoms with E-state index in [9.17, 15) is 4.79 Å². The number of hydrogen-bond acceptors (Lipinski definition) is 3. The van der Waals surface area contributed by atoms with Crippen LogP contribution < -0.4 is 5.32 Å². The maximum Gasteiger partial charge on any atom is 0.246 e. The molecule has 0 aliphatic heterocycles. The third kappa shape index (κ3) is 5.54. The van der Waals surface area contributed by atoms with Crippen LogP contribution >= 0.6 is 11.3 Å². The minimum Gasteiger partial charge on any atom is -0.366 e. The summed E-state index contributed by atoms with van der Waals surface area (Å²) in [4.78, 5) is 11.4. The molecule has 0 aliphatic rings. The standard InChI is InChI=1S/C11H17NO2S/c1-11(2,3)14-7-10(13)12-6-9-4-5-15-8-9/h4-5,8H,6-7H2,1-3H3,(H,12,13). The van der Waals surface area contributed by atoms with Gasteiger partial charge in [-0.15, -0.1) is 0 Å². The second-order valence-corrected chi connectivity index (χ2v) is 5.09. The molecule has 15 heavy (non-hydrogen) atoms. The van der Waals surface area contributed by atoms with E-state index < -0.39 is 0 Å². The molecule has 1 N–H and O–H groups in total. The molecule has 3 nitrogen and oxygen atoms in total. The van der Waals surface area contributed by atoms with E-state index in [0.717, 1.165) is 5.56 Å². The predicted octanol–water partition coefficient (Wildman–Crippen LogP) is 2.18. The number of amides is 1. The molecule has 0 fully saturated rings. The highest BCUT2D eigenvalue weighted by molar-refractivity contribution is 7.07. The fraction of sp³-hybridized carbons (Fsp3) is 0.545. The molecule has 0 atom stereocenters. The van der Waals surface area contributed by atoms with E-state index in [-0.39, 0.29) is 18.1 Å². The summed E-state index contributed by atoms with van der Waals surface area (Å²) in [6.45, 7) is 6.49. The van der Waals surface area contributed by atoms with Gasteiger partial charge in [0.15, 0.2) is 0 Å². The van der Waals surface area contributed by atoms with Gasteiger partial charge in [0.05, 0.1) is 5.60 Å². The van der Waals surface area contributed by atoms with Crippen LogP contribution in [0.4, 0.5) is 0 Å². The largest absolute Gasteiger partial charge is 0.366 e. The molecular formula is C11H17NO2S. The van der Waals surface area contributed by atoms with Crippen molar-refractivity contribution in [2.75, 3.05) is 6.61 Å². The van der Waals surface area contributed by atoms with Crippen molar-refractivity contribution in [1.82, 2.24) is 5.32 Å². The van der Waals surface area contributed by atoms with Crippen molar-refractivity contribution < 1.29 is 9.53 Å². The summed E-state index contributed by atoms with van der Waals surface area (Å²) in [5.41, 5.74) is 0.865. The molecule has 1 heterocycles. The molecule has 1 amide bonds. The van der Waals surface area contributed by atoms with E-state index in [1.54, 1.807) is 11.3 Å². The lowest BCUT2D eigenvalue weighted by molar-refractivity contribution is -0.130. The molecule has 0 unspecified atom stereocenters. The molecular weight excluding hydrogens is 210 g/mol. The Balaban J connectivity index is 2.20. The van der Waals surface area contributed by atoms with Gasteiger partial charge < -0.3 is 10.1 Å². The van der Waals surface area contributed by atoms with Crippen molar-refractivity contribution in [2.24, 2.45) is 0 Å². The number of ether oxygens (including phenoxy) is 1. The Morgan fingerprint density at radius 3 is 2.80 bits per heavy atom. The fourth-order valence-electron chi connectivity index (χ4n) is 0.927. The van der Waals surface area contributed by atoms with Crippen molar-refractivity contribution in [1.29, 1.82) is 0 Å². The molecule has 0 saturated carbocycles. The first-order valence-corrected chi connectivity index (χ1v) is 5.83. The number of hydrogen-bond donors (Lipinski definition) is 1. The Kier molecular flexibility index (Phi) is 4.29. The van der Waals surface area contributed by atoms with E-state index in [4.69, 9.17) is 4.74 Å². The zero-order valence-electron chi connectivity index (χ0n) is 9.37. The molecule has 0 radical (unpaired) electrons. The highest BCUT2D eigenvalue weighted by Gasteiger charge is 2.12. The minimum absolute atomic E-state index is 0.0730. The molecule has 1 aromatic rings. The van der Waals surface area contributed by atoms with E-state index in [2.05, 4.69) is 5.32 Å². The highest BCUT2D eigenvalue weighted by Crippen LogP contribution is 2.06. The Bertz CT molecular complexity index is 301. The topological polar surface area (TPSA) is 38.3 Å². The summed E-state index contributed by atoms with van der Waals surface area (Å²) in [6, 6.07) is 2.00. The van der Waals surface area contributed by atoms with Gasteiger partial charge in [-0.3, -0.25) is 4.79 Å². The van der Waals surface area contributed by atoms with Crippen LogP contribution in [0.15, 0.2) is 16.8 Å². The SMILES string of the molecule is CC(C)(C)OCC(=O)NCc1ccsc1. The van der Waals surface area contributed by atoms with Gasteiger partial charge in [-0.05, 0) is 43.2 Å². The predicted molar refractivity (Wildman–Crippen MR) is 61.9 cm³/mol. The maximum atomic E-state index is 11.4. The maximum absolute atomic E-state index is 11.4. The third-order valence-electron chi connectivity index (χ3n) is 1.71. The summed E-state index contributed by atoms with van der Waals surface area (Å²) in [5, 5.41) is 6.81. The smallest absolute Gasteiger partial charge is 0.246 e. The highest BCUT2D eigenvalue weighted by atomic mass is 32.1. The average molecular weight is 227 g/mol. The van der Waals surface area contributed by atoms with Crippen LogP contribution in [0.5, 0.6) is 0 Å². The fourth-order valence-corrected chi connectivity index (χ4v) is 1.60. The van der Waals surface area contributed by atoms with E-state index in [0.29, 0.717) is 6.54 Å². The molecule has 84 valence electrons. The summed E-state index contributed by atoms with van der Waals surface area (Å²) < 4.78 is 5.35. The van der Waals surface area contributed by atoms with E-state index >= 15 is 0 Å². The molecule has 1 aromatic heterocycles. The van der Waals surface area contributed by atoms with Crippen molar-refractivity contribution in [2.45, 2.75) is 32.9 Å². The molecule has 0 saturated heterocycles. The van der Waals surface area contributed by atoms with Crippen molar-refractivity contribution >= 4 is 17.2 Å². The Morgan fingerprint density at radius 1 is 1.53 bits per heavy atom. The first-order chi connectivity index (χ1) is 6.97. The zero-order chi connectivity index (χ0) is 11.3. The summed E-state index contributed by atoms with van der Waals surface area (Å²) >= 11 is 1.63. The van der Waals surface area contributed by atoms with Gasteiger partial charge in [-0.1, -0.05) is 0 Å². The number of nitrogens with one attached hydrogen (secondary N) is 1. The summed E-state index contributed by atoms with van der Waals surface area (Å²) in [5.74, 6) is -0.0730. The van der Waals surface area contributed by atoms with E-state index in [1.165, 1.54) is 0 Å².